The minimum atomic E-state index is -0.815. The second kappa shape index (κ2) is 10.7. The lowest BCUT2D eigenvalue weighted by Crippen LogP contribution is -2.36. The maximum absolute atomic E-state index is 12.1. The van der Waals surface area contributed by atoms with Gasteiger partial charge in [-0.15, -0.1) is 0 Å². The molecule has 0 radical (unpaired) electrons. The maximum atomic E-state index is 12.1. The van der Waals surface area contributed by atoms with Crippen LogP contribution in [0.1, 0.15) is 72.3 Å². The van der Waals surface area contributed by atoms with Gasteiger partial charge in [-0.25, -0.2) is 14.6 Å². The molecule has 0 spiro atoms. The predicted octanol–water partition coefficient (Wildman–Crippen LogP) is 1.51. The van der Waals surface area contributed by atoms with Crippen molar-refractivity contribution in [1.82, 2.24) is 15.6 Å². The van der Waals surface area contributed by atoms with Gasteiger partial charge in [-0.3, -0.25) is 9.59 Å². The first kappa shape index (κ1) is 21.7. The monoisotopic (exact) mass is 417 g/mol. The Morgan fingerprint density at radius 1 is 0.767 bits per heavy atom. The van der Waals surface area contributed by atoms with E-state index in [2.05, 4.69) is 15.6 Å². The van der Waals surface area contributed by atoms with Crippen LogP contribution >= 0.6 is 0 Å². The van der Waals surface area contributed by atoms with Crippen LogP contribution in [0.15, 0.2) is 18.2 Å². The lowest BCUT2D eigenvalue weighted by molar-refractivity contribution is -0.125. The van der Waals surface area contributed by atoms with Gasteiger partial charge in [0.25, 0.3) is 11.8 Å². The molecule has 162 valence electrons. The number of carbonyl (C=O) groups is 4. The number of pyridine rings is 1. The zero-order valence-electron chi connectivity index (χ0n) is 16.9. The Kier molecular flexibility index (Phi) is 7.75. The second-order valence-corrected chi connectivity index (χ2v) is 7.66. The molecule has 0 aromatic carbocycles. The van der Waals surface area contributed by atoms with Crippen molar-refractivity contribution in [3.8, 4) is 0 Å². The Balaban J connectivity index is 1.44. The number of amides is 2. The summed E-state index contributed by atoms with van der Waals surface area (Å²) in [6.07, 6.45) is 8.07. The number of carbonyl (C=O) groups excluding carboxylic acids is 4. The van der Waals surface area contributed by atoms with Gasteiger partial charge in [0.15, 0.2) is 13.2 Å². The van der Waals surface area contributed by atoms with Crippen LogP contribution in [0, 0.1) is 0 Å². The van der Waals surface area contributed by atoms with Gasteiger partial charge in [-0.2, -0.15) is 0 Å². The number of rotatable bonds is 8. The number of esters is 2. The van der Waals surface area contributed by atoms with Crippen molar-refractivity contribution in [3.05, 3.63) is 29.6 Å². The highest BCUT2D eigenvalue weighted by molar-refractivity contribution is 5.93. The third-order valence-corrected chi connectivity index (χ3v) is 5.28. The zero-order valence-corrected chi connectivity index (χ0v) is 16.9. The molecular formula is C21H27N3O6. The first-order valence-corrected chi connectivity index (χ1v) is 10.4. The lowest BCUT2D eigenvalue weighted by Gasteiger charge is -2.12. The lowest BCUT2D eigenvalue weighted by atomic mass is 10.2. The van der Waals surface area contributed by atoms with Crippen LogP contribution in [0.25, 0.3) is 0 Å². The van der Waals surface area contributed by atoms with Gasteiger partial charge in [0.2, 0.25) is 0 Å². The van der Waals surface area contributed by atoms with Crippen molar-refractivity contribution < 1.29 is 28.7 Å². The predicted molar refractivity (Wildman–Crippen MR) is 106 cm³/mol. The average molecular weight is 417 g/mol. The highest BCUT2D eigenvalue weighted by Gasteiger charge is 2.21. The summed E-state index contributed by atoms with van der Waals surface area (Å²) in [7, 11) is 0. The molecule has 1 heterocycles. The Morgan fingerprint density at radius 2 is 1.17 bits per heavy atom. The van der Waals surface area contributed by atoms with Gasteiger partial charge in [0, 0.05) is 12.1 Å². The molecule has 0 unspecified atom stereocenters. The minimum absolute atomic E-state index is 0.117. The molecule has 2 fully saturated rings. The molecule has 2 aliphatic carbocycles. The van der Waals surface area contributed by atoms with E-state index in [1.54, 1.807) is 0 Å². The van der Waals surface area contributed by atoms with Crippen LogP contribution in [0.5, 0.6) is 0 Å². The van der Waals surface area contributed by atoms with E-state index in [1.165, 1.54) is 18.2 Å². The summed E-state index contributed by atoms with van der Waals surface area (Å²) in [5, 5.41) is 5.64. The van der Waals surface area contributed by atoms with Gasteiger partial charge in [0.05, 0.1) is 0 Å². The summed E-state index contributed by atoms with van der Waals surface area (Å²) >= 11 is 0. The fraction of sp³-hybridized carbons (Fsp3) is 0.571. The zero-order chi connectivity index (χ0) is 21.3. The van der Waals surface area contributed by atoms with Gasteiger partial charge in [0.1, 0.15) is 11.4 Å². The molecule has 2 amide bonds. The van der Waals surface area contributed by atoms with Crippen LogP contribution in [-0.2, 0) is 19.1 Å². The second-order valence-electron chi connectivity index (χ2n) is 7.66. The van der Waals surface area contributed by atoms with Crippen molar-refractivity contribution >= 4 is 23.8 Å². The first-order chi connectivity index (χ1) is 14.5. The largest absolute Gasteiger partial charge is 0.451 e. The average Bonchev–Trinajstić information content (AvgIpc) is 3.44. The molecule has 3 rings (SSSR count). The Hall–Kier alpha value is -2.97. The first-order valence-electron chi connectivity index (χ1n) is 10.4. The van der Waals surface area contributed by atoms with Crippen molar-refractivity contribution in [3.63, 3.8) is 0 Å². The quantitative estimate of drug-likeness (QED) is 0.615. The summed E-state index contributed by atoms with van der Waals surface area (Å²) in [5.41, 5.74) is -0.234. The Labute approximate surface area is 174 Å². The molecule has 0 aliphatic heterocycles. The Morgan fingerprint density at radius 3 is 1.57 bits per heavy atom. The summed E-state index contributed by atoms with van der Waals surface area (Å²) in [6, 6.07) is 4.48. The molecule has 2 aliphatic rings. The minimum Gasteiger partial charge on any atom is -0.451 e. The van der Waals surface area contributed by atoms with Crippen LogP contribution < -0.4 is 10.6 Å². The molecule has 1 aromatic rings. The number of hydrogen-bond donors (Lipinski definition) is 2. The topological polar surface area (TPSA) is 124 Å². The van der Waals surface area contributed by atoms with E-state index in [1.807, 2.05) is 0 Å². The molecular weight excluding hydrogens is 390 g/mol. The molecule has 9 nitrogen and oxygen atoms in total. The molecule has 0 saturated heterocycles. The van der Waals surface area contributed by atoms with Crippen molar-refractivity contribution in [2.24, 2.45) is 0 Å². The number of ether oxygens (including phenoxy) is 2. The van der Waals surface area contributed by atoms with Crippen LogP contribution in [0.2, 0.25) is 0 Å². The highest BCUT2D eigenvalue weighted by Crippen LogP contribution is 2.18. The van der Waals surface area contributed by atoms with Crippen molar-refractivity contribution in [2.75, 3.05) is 13.2 Å². The summed E-state index contributed by atoms with van der Waals surface area (Å²) in [6.45, 7) is -0.819. The van der Waals surface area contributed by atoms with E-state index in [4.69, 9.17) is 9.47 Å². The summed E-state index contributed by atoms with van der Waals surface area (Å²) in [4.78, 5) is 51.9. The molecule has 9 heteroatoms. The fourth-order valence-electron chi connectivity index (χ4n) is 3.75. The van der Waals surface area contributed by atoms with Crippen LogP contribution in [0.4, 0.5) is 0 Å². The van der Waals surface area contributed by atoms with E-state index in [0.717, 1.165) is 51.4 Å². The Bertz CT molecular complexity index is 723. The summed E-state index contributed by atoms with van der Waals surface area (Å²) in [5.74, 6) is -2.35. The van der Waals surface area contributed by atoms with E-state index in [0.29, 0.717) is 0 Å². The number of hydrogen-bond acceptors (Lipinski definition) is 7. The molecule has 30 heavy (non-hydrogen) atoms. The normalized spacial score (nSPS) is 16.8. The molecule has 0 bridgehead atoms. The van der Waals surface area contributed by atoms with E-state index in [9.17, 15) is 19.2 Å². The molecule has 2 saturated carbocycles. The third kappa shape index (κ3) is 6.53. The van der Waals surface area contributed by atoms with Gasteiger partial charge in [-0.05, 0) is 37.8 Å². The SMILES string of the molecule is O=C(COC(=O)c1cccc(C(=O)OCC(=O)NC2CCCC2)n1)NC1CCCC1. The van der Waals surface area contributed by atoms with Crippen molar-refractivity contribution in [1.29, 1.82) is 0 Å². The summed E-state index contributed by atoms with van der Waals surface area (Å²) < 4.78 is 9.96. The van der Waals surface area contributed by atoms with Gasteiger partial charge >= 0.3 is 11.9 Å². The standard InChI is InChI=1S/C21H27N3O6/c25-18(22-14-6-1-2-7-14)12-29-20(27)16-10-5-11-17(24-16)21(28)30-13-19(26)23-15-8-3-4-9-15/h5,10-11,14-15H,1-4,6-9,12-13H2,(H,22,25)(H,23,26). The van der Waals surface area contributed by atoms with Crippen LogP contribution in [-0.4, -0.2) is 54.0 Å². The third-order valence-electron chi connectivity index (χ3n) is 5.28. The smallest absolute Gasteiger partial charge is 0.357 e. The fourth-order valence-corrected chi connectivity index (χ4v) is 3.75. The number of nitrogens with one attached hydrogen (secondary N) is 2. The number of aromatic nitrogens is 1. The van der Waals surface area contributed by atoms with Crippen molar-refractivity contribution in [2.45, 2.75) is 63.5 Å². The molecule has 0 atom stereocenters. The number of nitrogens with zero attached hydrogens (tertiary/aromatic N) is 1. The van der Waals surface area contributed by atoms with Crippen LogP contribution in [0.3, 0.4) is 0 Å². The van der Waals surface area contributed by atoms with E-state index < -0.39 is 25.2 Å². The molecule has 1 aromatic heterocycles. The van der Waals surface area contributed by atoms with Gasteiger partial charge in [-0.1, -0.05) is 31.7 Å². The molecule has 2 N–H and O–H groups in total. The van der Waals surface area contributed by atoms with E-state index >= 15 is 0 Å². The highest BCUT2D eigenvalue weighted by atomic mass is 16.5. The van der Waals surface area contributed by atoms with Gasteiger partial charge < -0.3 is 20.1 Å². The van der Waals surface area contributed by atoms with E-state index in [-0.39, 0.29) is 35.3 Å². The maximum Gasteiger partial charge on any atom is 0.357 e.